The number of benzene rings is 1. The van der Waals surface area contributed by atoms with Gasteiger partial charge < -0.3 is 19.4 Å². The maximum absolute atomic E-state index is 13.4. The van der Waals surface area contributed by atoms with Crippen molar-refractivity contribution in [2.75, 3.05) is 58.4 Å². The molecule has 2 saturated heterocycles. The fourth-order valence-electron chi connectivity index (χ4n) is 5.00. The molecule has 0 spiro atoms. The largest absolute Gasteiger partial charge is 0.378 e. The van der Waals surface area contributed by atoms with E-state index in [-0.39, 0.29) is 5.91 Å². The molecule has 10 heteroatoms. The van der Waals surface area contributed by atoms with Gasteiger partial charge in [0.2, 0.25) is 0 Å². The lowest BCUT2D eigenvalue weighted by Gasteiger charge is -2.28. The van der Waals surface area contributed by atoms with Gasteiger partial charge in [0, 0.05) is 44.0 Å². The molecular formula is C27H31N7O2S. The predicted octanol–water partition coefficient (Wildman–Crippen LogP) is 3.47. The highest BCUT2D eigenvalue weighted by atomic mass is 32.1. The topological polar surface area (TPSA) is 79.6 Å². The molecule has 5 heterocycles. The van der Waals surface area contributed by atoms with Crippen molar-refractivity contribution in [1.82, 2.24) is 29.5 Å². The molecule has 6 rings (SSSR count). The van der Waals surface area contributed by atoms with Crippen molar-refractivity contribution in [2.24, 2.45) is 0 Å². The maximum atomic E-state index is 13.4. The number of aromatic nitrogens is 4. The van der Waals surface area contributed by atoms with E-state index in [4.69, 9.17) is 19.8 Å². The van der Waals surface area contributed by atoms with Gasteiger partial charge in [-0.15, -0.1) is 11.3 Å². The Morgan fingerprint density at radius 2 is 1.95 bits per heavy atom. The third-order valence-corrected chi connectivity index (χ3v) is 8.26. The van der Waals surface area contributed by atoms with Crippen LogP contribution in [0.2, 0.25) is 0 Å². The van der Waals surface area contributed by atoms with Crippen molar-refractivity contribution in [2.45, 2.75) is 19.4 Å². The van der Waals surface area contributed by atoms with E-state index in [1.165, 1.54) is 16.9 Å². The summed E-state index contributed by atoms with van der Waals surface area (Å²) in [6.45, 7) is 6.40. The monoisotopic (exact) mass is 517 g/mol. The van der Waals surface area contributed by atoms with Crippen LogP contribution in [-0.4, -0.2) is 95.0 Å². The Morgan fingerprint density at radius 3 is 2.70 bits per heavy atom. The van der Waals surface area contributed by atoms with Crippen LogP contribution < -0.4 is 4.90 Å². The zero-order valence-electron chi connectivity index (χ0n) is 21.4. The van der Waals surface area contributed by atoms with Gasteiger partial charge in [-0.2, -0.15) is 10.1 Å². The first kappa shape index (κ1) is 24.0. The quantitative estimate of drug-likeness (QED) is 0.401. The van der Waals surface area contributed by atoms with Crippen LogP contribution in [0.3, 0.4) is 0 Å². The van der Waals surface area contributed by atoms with Crippen molar-refractivity contribution < 1.29 is 9.53 Å². The summed E-state index contributed by atoms with van der Waals surface area (Å²) >= 11 is 1.49. The van der Waals surface area contributed by atoms with Crippen LogP contribution in [0.4, 0.5) is 5.82 Å². The Bertz CT molecular complexity index is 1440. The highest BCUT2D eigenvalue weighted by Gasteiger charge is 2.30. The Labute approximate surface area is 220 Å². The van der Waals surface area contributed by atoms with Crippen LogP contribution in [0.1, 0.15) is 21.7 Å². The van der Waals surface area contributed by atoms with E-state index in [9.17, 15) is 4.79 Å². The number of amides is 1. The van der Waals surface area contributed by atoms with Crippen molar-refractivity contribution >= 4 is 33.3 Å². The Morgan fingerprint density at radius 1 is 1.11 bits per heavy atom. The van der Waals surface area contributed by atoms with Crippen LogP contribution >= 0.6 is 11.3 Å². The van der Waals surface area contributed by atoms with E-state index in [2.05, 4.69) is 49.0 Å². The van der Waals surface area contributed by atoms with Gasteiger partial charge in [-0.05, 0) is 45.6 Å². The van der Waals surface area contributed by atoms with Crippen LogP contribution in [0, 0.1) is 6.92 Å². The minimum atomic E-state index is 0.0719. The molecule has 2 aliphatic rings. The Kier molecular flexibility index (Phi) is 6.39. The molecule has 0 aliphatic carbocycles. The number of nitrogens with zero attached hydrogens (tertiary/aromatic N) is 7. The Hall–Kier alpha value is -3.34. The van der Waals surface area contributed by atoms with Crippen LogP contribution in [0.15, 0.2) is 42.6 Å². The molecule has 1 amide bonds. The number of hydrogen-bond donors (Lipinski definition) is 0. The minimum absolute atomic E-state index is 0.0719. The molecule has 0 unspecified atom stereocenters. The zero-order valence-corrected chi connectivity index (χ0v) is 22.2. The summed E-state index contributed by atoms with van der Waals surface area (Å²) in [5, 5.41) is 4.79. The molecule has 0 radical (unpaired) electrons. The number of ether oxygens (including phenoxy) is 1. The standard InChI is InChI=1S/C27H31N7O2S/c1-18-5-4-6-19(15-18)21-8-10-34(30-21)27-28-22-16-23(26(35)33-9-7-20(17-33)31(2)3)37-24(22)25(29-27)32-11-13-36-14-12-32/h4-6,8,10,15-16,20H,7,9,11-14,17H2,1-3H3/t20-/m1/s1. The first-order chi connectivity index (χ1) is 18.0. The number of likely N-dealkylation sites (N-methyl/N-ethyl adjacent to an activating group) is 1. The lowest BCUT2D eigenvalue weighted by Crippen LogP contribution is -2.37. The summed E-state index contributed by atoms with van der Waals surface area (Å²) in [6, 6.07) is 12.6. The summed E-state index contributed by atoms with van der Waals surface area (Å²) < 4.78 is 8.24. The number of carbonyl (C=O) groups is 1. The minimum Gasteiger partial charge on any atom is -0.378 e. The summed E-state index contributed by atoms with van der Waals surface area (Å²) in [4.78, 5) is 30.3. The molecule has 192 valence electrons. The number of likely N-dealkylation sites (tertiary alicyclic amines) is 1. The van der Waals surface area contributed by atoms with Crippen LogP contribution in [-0.2, 0) is 4.74 Å². The van der Waals surface area contributed by atoms with Crippen molar-refractivity contribution in [3.05, 3.63) is 53.0 Å². The summed E-state index contributed by atoms with van der Waals surface area (Å²) in [5.41, 5.74) is 3.88. The molecule has 9 nitrogen and oxygen atoms in total. The van der Waals surface area contributed by atoms with Crippen molar-refractivity contribution in [1.29, 1.82) is 0 Å². The second kappa shape index (κ2) is 9.85. The number of aryl methyl sites for hydroxylation is 1. The molecule has 3 aromatic heterocycles. The lowest BCUT2D eigenvalue weighted by molar-refractivity contribution is 0.0788. The summed E-state index contributed by atoms with van der Waals surface area (Å²) in [5.74, 6) is 1.41. The number of rotatable bonds is 5. The summed E-state index contributed by atoms with van der Waals surface area (Å²) in [6.07, 6.45) is 2.89. The number of thiophene rings is 1. The van der Waals surface area contributed by atoms with Gasteiger partial charge in [0.25, 0.3) is 11.9 Å². The van der Waals surface area contributed by atoms with Crippen molar-refractivity contribution in [3.63, 3.8) is 0 Å². The van der Waals surface area contributed by atoms with Gasteiger partial charge in [0.1, 0.15) is 0 Å². The van der Waals surface area contributed by atoms with Gasteiger partial charge in [-0.25, -0.2) is 9.67 Å². The average Bonchev–Trinajstić information content (AvgIpc) is 3.68. The van der Waals surface area contributed by atoms with E-state index in [0.717, 1.165) is 59.9 Å². The molecular weight excluding hydrogens is 486 g/mol. The highest BCUT2D eigenvalue weighted by Crippen LogP contribution is 2.34. The van der Waals surface area contributed by atoms with E-state index in [1.807, 2.05) is 29.3 Å². The molecule has 0 N–H and O–H groups in total. The van der Waals surface area contributed by atoms with E-state index in [0.29, 0.717) is 30.1 Å². The highest BCUT2D eigenvalue weighted by molar-refractivity contribution is 7.21. The normalized spacial score (nSPS) is 18.3. The smallest absolute Gasteiger partial charge is 0.264 e. The molecule has 37 heavy (non-hydrogen) atoms. The van der Waals surface area contributed by atoms with Gasteiger partial charge in [0.05, 0.1) is 34.0 Å². The first-order valence-corrected chi connectivity index (χ1v) is 13.5. The average molecular weight is 518 g/mol. The van der Waals surface area contributed by atoms with E-state index in [1.54, 1.807) is 4.68 Å². The third kappa shape index (κ3) is 4.72. The van der Waals surface area contributed by atoms with Gasteiger partial charge in [0.15, 0.2) is 5.82 Å². The molecule has 1 atom stereocenters. The molecule has 2 fully saturated rings. The van der Waals surface area contributed by atoms with Gasteiger partial charge in [-0.1, -0.05) is 23.8 Å². The number of carbonyl (C=O) groups excluding carboxylic acids is 1. The van der Waals surface area contributed by atoms with Crippen LogP contribution in [0.5, 0.6) is 0 Å². The first-order valence-electron chi connectivity index (χ1n) is 12.7. The number of anilines is 1. The van der Waals surface area contributed by atoms with E-state index >= 15 is 0 Å². The number of morpholine rings is 1. The fraction of sp³-hybridized carbons (Fsp3) is 0.407. The number of hydrogen-bond acceptors (Lipinski definition) is 8. The third-order valence-electron chi connectivity index (χ3n) is 7.15. The zero-order chi connectivity index (χ0) is 25.5. The van der Waals surface area contributed by atoms with E-state index < -0.39 is 0 Å². The Balaban J connectivity index is 1.38. The SMILES string of the molecule is Cc1cccc(-c2ccn(-c3nc(N4CCOCC4)c4sc(C(=O)N5CC[C@@H](N(C)C)C5)cc4n3)n2)c1. The predicted molar refractivity (Wildman–Crippen MR) is 146 cm³/mol. The second-order valence-electron chi connectivity index (χ2n) is 9.94. The van der Waals surface area contributed by atoms with Crippen LogP contribution in [0.25, 0.3) is 27.4 Å². The number of fused-ring (bicyclic) bond motifs is 1. The second-order valence-corrected chi connectivity index (χ2v) is 11.0. The van der Waals surface area contributed by atoms with Gasteiger partial charge >= 0.3 is 0 Å². The van der Waals surface area contributed by atoms with Crippen molar-refractivity contribution in [3.8, 4) is 17.2 Å². The molecule has 0 bridgehead atoms. The summed E-state index contributed by atoms with van der Waals surface area (Å²) in [7, 11) is 4.15. The molecule has 4 aromatic rings. The van der Waals surface area contributed by atoms with Gasteiger partial charge in [-0.3, -0.25) is 4.79 Å². The molecule has 1 aromatic carbocycles. The maximum Gasteiger partial charge on any atom is 0.264 e. The molecule has 2 aliphatic heterocycles. The lowest BCUT2D eigenvalue weighted by atomic mass is 10.1. The fourth-order valence-corrected chi connectivity index (χ4v) is 6.08. The molecule has 0 saturated carbocycles.